The highest BCUT2D eigenvalue weighted by atomic mass is 35.5. The standard InChI is InChI=1S/C23H22ClN3O3S/c1-14-22(15-7-9-17(24)10-8-15)27-21(31-14)12-25-20(28)13-30-19-4-2-3-18(11-19)26-23(29)16-5-6-16/h2-4,7-11,16H,5-6,12-13H2,1H3,(H,25,28)(H,26,29). The highest BCUT2D eigenvalue weighted by Crippen LogP contribution is 2.31. The van der Waals surface area contributed by atoms with Gasteiger partial charge in [-0.2, -0.15) is 0 Å². The fourth-order valence-corrected chi connectivity index (χ4v) is 4.05. The molecule has 0 bridgehead atoms. The van der Waals surface area contributed by atoms with Crippen molar-refractivity contribution in [2.24, 2.45) is 5.92 Å². The van der Waals surface area contributed by atoms with Crippen LogP contribution in [0, 0.1) is 12.8 Å². The van der Waals surface area contributed by atoms with Gasteiger partial charge in [-0.05, 0) is 44.0 Å². The van der Waals surface area contributed by atoms with E-state index in [0.29, 0.717) is 23.0 Å². The summed E-state index contributed by atoms with van der Waals surface area (Å²) in [7, 11) is 0. The number of ether oxygens (including phenoxy) is 1. The molecule has 3 aromatic rings. The third-order valence-corrected chi connectivity index (χ3v) is 6.04. The van der Waals surface area contributed by atoms with Gasteiger partial charge in [0.15, 0.2) is 6.61 Å². The van der Waals surface area contributed by atoms with Crippen molar-refractivity contribution in [3.63, 3.8) is 0 Å². The Hall–Kier alpha value is -2.90. The molecule has 31 heavy (non-hydrogen) atoms. The fraction of sp³-hybridized carbons (Fsp3) is 0.261. The van der Waals surface area contributed by atoms with Crippen LogP contribution in [0.15, 0.2) is 48.5 Å². The van der Waals surface area contributed by atoms with E-state index in [9.17, 15) is 9.59 Å². The predicted molar refractivity (Wildman–Crippen MR) is 122 cm³/mol. The topological polar surface area (TPSA) is 80.3 Å². The maximum absolute atomic E-state index is 12.2. The van der Waals surface area contributed by atoms with E-state index >= 15 is 0 Å². The number of hydrogen-bond donors (Lipinski definition) is 2. The first kappa shape index (κ1) is 21.3. The van der Waals surface area contributed by atoms with Crippen LogP contribution >= 0.6 is 22.9 Å². The van der Waals surface area contributed by atoms with E-state index in [-0.39, 0.29) is 24.3 Å². The van der Waals surface area contributed by atoms with Crippen LogP contribution in [0.1, 0.15) is 22.7 Å². The molecule has 0 saturated heterocycles. The minimum Gasteiger partial charge on any atom is -0.484 e. The van der Waals surface area contributed by atoms with E-state index in [4.69, 9.17) is 16.3 Å². The Labute approximate surface area is 189 Å². The van der Waals surface area contributed by atoms with Crippen molar-refractivity contribution < 1.29 is 14.3 Å². The number of anilines is 1. The number of hydrogen-bond acceptors (Lipinski definition) is 5. The summed E-state index contributed by atoms with van der Waals surface area (Å²) in [6, 6.07) is 14.6. The number of aryl methyl sites for hydroxylation is 1. The maximum Gasteiger partial charge on any atom is 0.258 e. The van der Waals surface area contributed by atoms with Gasteiger partial charge >= 0.3 is 0 Å². The van der Waals surface area contributed by atoms with Gasteiger partial charge in [0.2, 0.25) is 5.91 Å². The molecule has 1 aliphatic rings. The molecule has 1 aliphatic carbocycles. The number of carbonyl (C=O) groups excluding carboxylic acids is 2. The Bertz CT molecular complexity index is 1090. The van der Waals surface area contributed by atoms with Crippen molar-refractivity contribution >= 4 is 40.4 Å². The average Bonchev–Trinajstić information content (AvgIpc) is 3.55. The Morgan fingerprint density at radius 2 is 1.97 bits per heavy atom. The van der Waals surface area contributed by atoms with Crippen molar-refractivity contribution in [3.8, 4) is 17.0 Å². The van der Waals surface area contributed by atoms with E-state index < -0.39 is 0 Å². The SMILES string of the molecule is Cc1sc(CNC(=O)COc2cccc(NC(=O)C3CC3)c2)nc1-c1ccc(Cl)cc1. The quantitative estimate of drug-likeness (QED) is 0.510. The summed E-state index contributed by atoms with van der Waals surface area (Å²) >= 11 is 7.50. The summed E-state index contributed by atoms with van der Waals surface area (Å²) in [5, 5.41) is 7.20. The molecular formula is C23H22ClN3O3S. The van der Waals surface area contributed by atoms with Gasteiger partial charge in [0.05, 0.1) is 12.2 Å². The number of nitrogens with one attached hydrogen (secondary N) is 2. The average molecular weight is 456 g/mol. The van der Waals surface area contributed by atoms with E-state index in [1.807, 2.05) is 31.2 Å². The summed E-state index contributed by atoms with van der Waals surface area (Å²) in [6.07, 6.45) is 1.89. The largest absolute Gasteiger partial charge is 0.484 e. The molecule has 1 saturated carbocycles. The zero-order valence-electron chi connectivity index (χ0n) is 17.0. The normalized spacial score (nSPS) is 13.0. The second kappa shape index (κ2) is 9.49. The van der Waals surface area contributed by atoms with Gasteiger partial charge in [0, 0.05) is 33.1 Å². The van der Waals surface area contributed by atoms with Crippen LogP contribution in [0.3, 0.4) is 0 Å². The summed E-state index contributed by atoms with van der Waals surface area (Å²) < 4.78 is 5.57. The summed E-state index contributed by atoms with van der Waals surface area (Å²) in [5.41, 5.74) is 2.56. The lowest BCUT2D eigenvalue weighted by Gasteiger charge is -2.09. The highest BCUT2D eigenvalue weighted by molar-refractivity contribution is 7.12. The number of benzene rings is 2. The Morgan fingerprint density at radius 1 is 1.19 bits per heavy atom. The molecular weight excluding hydrogens is 434 g/mol. The minimum absolute atomic E-state index is 0.0339. The molecule has 2 N–H and O–H groups in total. The van der Waals surface area contributed by atoms with Gasteiger partial charge in [-0.15, -0.1) is 11.3 Å². The van der Waals surface area contributed by atoms with Crippen molar-refractivity contribution in [2.75, 3.05) is 11.9 Å². The molecule has 160 valence electrons. The van der Waals surface area contributed by atoms with Gasteiger partial charge in [-0.1, -0.05) is 29.8 Å². The first-order chi connectivity index (χ1) is 15.0. The molecule has 8 heteroatoms. The third-order valence-electron chi connectivity index (χ3n) is 4.81. The van der Waals surface area contributed by atoms with Crippen LogP contribution in [0.4, 0.5) is 5.69 Å². The molecule has 4 rings (SSSR count). The number of nitrogens with zero attached hydrogens (tertiary/aromatic N) is 1. The lowest BCUT2D eigenvalue weighted by atomic mass is 10.1. The van der Waals surface area contributed by atoms with E-state index in [1.165, 1.54) is 0 Å². The molecule has 0 unspecified atom stereocenters. The van der Waals surface area contributed by atoms with Gasteiger partial charge in [0.25, 0.3) is 5.91 Å². The first-order valence-corrected chi connectivity index (χ1v) is 11.2. The van der Waals surface area contributed by atoms with Gasteiger partial charge in [0.1, 0.15) is 10.8 Å². The zero-order valence-corrected chi connectivity index (χ0v) is 18.6. The molecule has 0 aliphatic heterocycles. The van der Waals surface area contributed by atoms with Gasteiger partial charge in [-0.25, -0.2) is 4.98 Å². The van der Waals surface area contributed by atoms with Gasteiger partial charge in [-0.3, -0.25) is 9.59 Å². The molecule has 1 fully saturated rings. The number of halogens is 1. The van der Waals surface area contributed by atoms with Crippen LogP contribution in [-0.4, -0.2) is 23.4 Å². The van der Waals surface area contributed by atoms with Crippen molar-refractivity contribution in [1.29, 1.82) is 0 Å². The number of amides is 2. The highest BCUT2D eigenvalue weighted by Gasteiger charge is 2.29. The van der Waals surface area contributed by atoms with Crippen molar-refractivity contribution in [2.45, 2.75) is 26.3 Å². The summed E-state index contributed by atoms with van der Waals surface area (Å²) in [6.45, 7) is 2.22. The number of aromatic nitrogens is 1. The lowest BCUT2D eigenvalue weighted by molar-refractivity contribution is -0.123. The molecule has 2 aromatic carbocycles. The Morgan fingerprint density at radius 3 is 2.71 bits per heavy atom. The molecule has 1 aromatic heterocycles. The fourth-order valence-electron chi connectivity index (χ4n) is 3.03. The predicted octanol–water partition coefficient (Wildman–Crippen LogP) is 4.82. The van der Waals surface area contributed by atoms with Crippen molar-refractivity contribution in [1.82, 2.24) is 10.3 Å². The number of thiazole rings is 1. The van der Waals surface area contributed by atoms with E-state index in [2.05, 4.69) is 15.6 Å². The Kier molecular flexibility index (Phi) is 6.53. The van der Waals surface area contributed by atoms with Crippen LogP contribution in [0.25, 0.3) is 11.3 Å². The molecule has 1 heterocycles. The first-order valence-electron chi connectivity index (χ1n) is 10.0. The summed E-state index contributed by atoms with van der Waals surface area (Å²) in [4.78, 5) is 29.8. The maximum atomic E-state index is 12.2. The third kappa shape index (κ3) is 5.83. The number of rotatable bonds is 8. The van der Waals surface area contributed by atoms with Crippen LogP contribution in [0.2, 0.25) is 5.02 Å². The van der Waals surface area contributed by atoms with Crippen LogP contribution in [-0.2, 0) is 16.1 Å². The van der Waals surface area contributed by atoms with E-state index in [1.54, 1.807) is 35.6 Å². The second-order valence-corrected chi connectivity index (χ2v) is 9.10. The Balaban J connectivity index is 1.27. The number of carbonyl (C=O) groups is 2. The smallest absolute Gasteiger partial charge is 0.258 e. The lowest BCUT2D eigenvalue weighted by Crippen LogP contribution is -2.28. The van der Waals surface area contributed by atoms with Gasteiger partial charge < -0.3 is 15.4 Å². The summed E-state index contributed by atoms with van der Waals surface area (Å²) in [5.74, 6) is 0.448. The molecule has 0 radical (unpaired) electrons. The molecule has 6 nitrogen and oxygen atoms in total. The zero-order chi connectivity index (χ0) is 21.8. The molecule has 0 atom stereocenters. The van der Waals surface area contributed by atoms with E-state index in [0.717, 1.165) is 34.0 Å². The monoisotopic (exact) mass is 455 g/mol. The van der Waals surface area contributed by atoms with Crippen molar-refractivity contribution in [3.05, 3.63) is 63.4 Å². The second-order valence-electron chi connectivity index (χ2n) is 7.38. The van der Waals surface area contributed by atoms with Crippen LogP contribution < -0.4 is 15.4 Å². The molecule has 2 amide bonds. The minimum atomic E-state index is -0.242. The van der Waals surface area contributed by atoms with Crippen LogP contribution in [0.5, 0.6) is 5.75 Å². The molecule has 0 spiro atoms.